The van der Waals surface area contributed by atoms with Crippen LogP contribution in [0.25, 0.3) is 0 Å². The van der Waals surface area contributed by atoms with E-state index in [9.17, 15) is 4.79 Å². The van der Waals surface area contributed by atoms with E-state index in [-0.39, 0.29) is 11.9 Å². The maximum atomic E-state index is 12.2. The van der Waals surface area contributed by atoms with Gasteiger partial charge in [0.05, 0.1) is 11.8 Å². The van der Waals surface area contributed by atoms with E-state index < -0.39 is 0 Å². The largest absolute Gasteiger partial charge is 0.370 e. The monoisotopic (exact) mass is 286 g/mol. The Morgan fingerprint density at radius 1 is 1.38 bits per heavy atom. The van der Waals surface area contributed by atoms with Gasteiger partial charge in [0, 0.05) is 38.1 Å². The molecule has 0 bridgehead atoms. The number of carbonyl (C=O) groups excluding carboxylic acids is 1. The van der Waals surface area contributed by atoms with Crippen molar-refractivity contribution in [3.05, 3.63) is 47.8 Å². The Hall–Kier alpha value is -2.30. The lowest BCUT2D eigenvalue weighted by Crippen LogP contribution is -2.40. The van der Waals surface area contributed by atoms with Gasteiger partial charge in [-0.2, -0.15) is 5.10 Å². The molecular formula is C16H22N4O. The minimum Gasteiger partial charge on any atom is -0.370 e. The number of anilines is 1. The predicted molar refractivity (Wildman–Crippen MR) is 84.6 cm³/mol. The Labute approximate surface area is 125 Å². The van der Waals surface area contributed by atoms with Gasteiger partial charge in [0.2, 0.25) is 0 Å². The van der Waals surface area contributed by atoms with Crippen molar-refractivity contribution in [3.8, 4) is 0 Å². The van der Waals surface area contributed by atoms with Crippen LogP contribution in [0.3, 0.4) is 0 Å². The van der Waals surface area contributed by atoms with Crippen molar-refractivity contribution in [2.45, 2.75) is 19.9 Å². The molecule has 112 valence electrons. The first-order valence-electron chi connectivity index (χ1n) is 7.05. The molecule has 1 unspecified atom stereocenters. The van der Waals surface area contributed by atoms with Crippen LogP contribution in [-0.2, 0) is 7.05 Å². The van der Waals surface area contributed by atoms with Gasteiger partial charge in [-0.1, -0.05) is 18.2 Å². The molecule has 0 saturated heterocycles. The van der Waals surface area contributed by atoms with Crippen LogP contribution in [-0.4, -0.2) is 35.3 Å². The smallest absolute Gasteiger partial charge is 0.254 e. The SMILES string of the molecule is Cc1c(C(=O)NCC(C)N(C)c2ccccc2)cnn1C. The van der Waals surface area contributed by atoms with Crippen molar-refractivity contribution in [1.29, 1.82) is 0 Å². The fourth-order valence-corrected chi connectivity index (χ4v) is 2.11. The maximum absolute atomic E-state index is 12.2. The summed E-state index contributed by atoms with van der Waals surface area (Å²) in [5, 5.41) is 7.06. The first-order valence-corrected chi connectivity index (χ1v) is 7.05. The molecule has 0 aliphatic heterocycles. The number of aryl methyl sites for hydroxylation is 1. The number of rotatable bonds is 5. The summed E-state index contributed by atoms with van der Waals surface area (Å²) in [6.45, 7) is 4.56. The average molecular weight is 286 g/mol. The molecule has 2 rings (SSSR count). The highest BCUT2D eigenvalue weighted by molar-refractivity contribution is 5.95. The topological polar surface area (TPSA) is 50.2 Å². The van der Waals surface area contributed by atoms with Gasteiger partial charge in [0.15, 0.2) is 0 Å². The van der Waals surface area contributed by atoms with Gasteiger partial charge < -0.3 is 10.2 Å². The molecule has 0 saturated carbocycles. The summed E-state index contributed by atoms with van der Waals surface area (Å²) < 4.78 is 1.70. The number of para-hydroxylation sites is 1. The number of likely N-dealkylation sites (N-methyl/N-ethyl adjacent to an activating group) is 1. The van der Waals surface area contributed by atoms with E-state index in [1.54, 1.807) is 10.9 Å². The Kier molecular flexibility index (Phi) is 4.62. The van der Waals surface area contributed by atoms with E-state index in [1.807, 2.05) is 39.2 Å². The molecule has 0 spiro atoms. The molecule has 21 heavy (non-hydrogen) atoms. The quantitative estimate of drug-likeness (QED) is 0.914. The molecule has 2 aromatic rings. The molecule has 5 nitrogen and oxygen atoms in total. The van der Waals surface area contributed by atoms with E-state index in [0.717, 1.165) is 11.4 Å². The van der Waals surface area contributed by atoms with Crippen LogP contribution in [0.5, 0.6) is 0 Å². The highest BCUT2D eigenvalue weighted by atomic mass is 16.1. The molecule has 1 heterocycles. The molecule has 0 fully saturated rings. The first kappa shape index (κ1) is 15.1. The normalized spacial score (nSPS) is 12.0. The number of nitrogens with zero attached hydrogens (tertiary/aromatic N) is 3. The summed E-state index contributed by atoms with van der Waals surface area (Å²) in [6, 6.07) is 10.3. The summed E-state index contributed by atoms with van der Waals surface area (Å²) in [5.74, 6) is -0.0751. The molecule has 5 heteroatoms. The minimum absolute atomic E-state index is 0.0751. The summed E-state index contributed by atoms with van der Waals surface area (Å²) in [6.07, 6.45) is 1.61. The van der Waals surface area contributed by atoms with E-state index >= 15 is 0 Å². The lowest BCUT2D eigenvalue weighted by molar-refractivity contribution is 0.0951. The van der Waals surface area contributed by atoms with Crippen molar-refractivity contribution in [2.24, 2.45) is 7.05 Å². The zero-order chi connectivity index (χ0) is 15.4. The molecule has 1 amide bonds. The molecule has 1 aromatic carbocycles. The molecular weight excluding hydrogens is 264 g/mol. The highest BCUT2D eigenvalue weighted by Crippen LogP contribution is 2.13. The molecule has 1 aromatic heterocycles. The summed E-state index contributed by atoms with van der Waals surface area (Å²) in [7, 11) is 3.86. The van der Waals surface area contributed by atoms with Crippen molar-refractivity contribution in [3.63, 3.8) is 0 Å². The van der Waals surface area contributed by atoms with Gasteiger partial charge in [0.25, 0.3) is 5.91 Å². The van der Waals surface area contributed by atoms with Crippen LogP contribution in [0.15, 0.2) is 36.5 Å². The Balaban J connectivity index is 1.93. The minimum atomic E-state index is -0.0751. The van der Waals surface area contributed by atoms with E-state index in [2.05, 4.69) is 34.4 Å². The van der Waals surface area contributed by atoms with E-state index in [4.69, 9.17) is 0 Å². The molecule has 1 atom stereocenters. The lowest BCUT2D eigenvalue weighted by atomic mass is 10.2. The van der Waals surface area contributed by atoms with Gasteiger partial charge in [-0.05, 0) is 26.0 Å². The van der Waals surface area contributed by atoms with Crippen molar-refractivity contribution < 1.29 is 4.79 Å². The fraction of sp³-hybridized carbons (Fsp3) is 0.375. The van der Waals surface area contributed by atoms with Crippen LogP contribution in [0.4, 0.5) is 5.69 Å². The second kappa shape index (κ2) is 6.43. The standard InChI is InChI=1S/C16H22N4O/c1-12(19(3)14-8-6-5-7-9-14)10-17-16(21)15-11-18-20(4)13(15)2/h5-9,11-12H,10H2,1-4H3,(H,17,21). The van der Waals surface area contributed by atoms with Crippen LogP contribution in [0.1, 0.15) is 23.0 Å². The average Bonchev–Trinajstić information content (AvgIpc) is 2.84. The van der Waals surface area contributed by atoms with E-state index in [1.165, 1.54) is 0 Å². The zero-order valence-electron chi connectivity index (χ0n) is 13.0. The fourth-order valence-electron chi connectivity index (χ4n) is 2.11. The number of nitrogens with one attached hydrogen (secondary N) is 1. The number of hydrogen-bond donors (Lipinski definition) is 1. The first-order chi connectivity index (χ1) is 10.0. The third-order valence-corrected chi connectivity index (χ3v) is 3.86. The van der Waals surface area contributed by atoms with Crippen LogP contribution in [0, 0.1) is 6.92 Å². The van der Waals surface area contributed by atoms with Crippen molar-refractivity contribution in [2.75, 3.05) is 18.5 Å². The van der Waals surface area contributed by atoms with Crippen LogP contribution >= 0.6 is 0 Å². The van der Waals surface area contributed by atoms with Gasteiger partial charge >= 0.3 is 0 Å². The van der Waals surface area contributed by atoms with Gasteiger partial charge in [-0.25, -0.2) is 0 Å². The summed E-state index contributed by atoms with van der Waals surface area (Å²) >= 11 is 0. The van der Waals surface area contributed by atoms with Gasteiger partial charge in [-0.15, -0.1) is 0 Å². The predicted octanol–water partition coefficient (Wildman–Crippen LogP) is 1.98. The molecule has 0 radical (unpaired) electrons. The Morgan fingerprint density at radius 2 is 2.05 bits per heavy atom. The molecule has 1 N–H and O–H groups in total. The van der Waals surface area contributed by atoms with Crippen LogP contribution in [0.2, 0.25) is 0 Å². The molecule has 0 aliphatic carbocycles. The zero-order valence-corrected chi connectivity index (χ0v) is 13.0. The lowest BCUT2D eigenvalue weighted by Gasteiger charge is -2.27. The number of benzene rings is 1. The third kappa shape index (κ3) is 3.42. The summed E-state index contributed by atoms with van der Waals surface area (Å²) in [5.41, 5.74) is 2.64. The maximum Gasteiger partial charge on any atom is 0.254 e. The van der Waals surface area contributed by atoms with Crippen molar-refractivity contribution in [1.82, 2.24) is 15.1 Å². The second-order valence-electron chi connectivity index (χ2n) is 5.27. The number of carbonyl (C=O) groups is 1. The Bertz CT molecular complexity index is 606. The second-order valence-corrected chi connectivity index (χ2v) is 5.27. The van der Waals surface area contributed by atoms with Gasteiger partial charge in [0.1, 0.15) is 0 Å². The van der Waals surface area contributed by atoms with E-state index in [0.29, 0.717) is 12.1 Å². The number of amides is 1. The van der Waals surface area contributed by atoms with Crippen molar-refractivity contribution >= 4 is 11.6 Å². The number of aromatic nitrogens is 2. The molecule has 0 aliphatic rings. The van der Waals surface area contributed by atoms with Gasteiger partial charge in [-0.3, -0.25) is 9.48 Å². The third-order valence-electron chi connectivity index (χ3n) is 3.86. The Morgan fingerprint density at radius 3 is 2.62 bits per heavy atom. The highest BCUT2D eigenvalue weighted by Gasteiger charge is 2.15. The van der Waals surface area contributed by atoms with Crippen LogP contribution < -0.4 is 10.2 Å². The number of hydrogen-bond acceptors (Lipinski definition) is 3. The summed E-state index contributed by atoms with van der Waals surface area (Å²) in [4.78, 5) is 14.3.